The fourth-order valence-electron chi connectivity index (χ4n) is 1.17. The van der Waals surface area contributed by atoms with Gasteiger partial charge in [0.2, 0.25) is 0 Å². The zero-order chi connectivity index (χ0) is 18.9. The van der Waals surface area contributed by atoms with E-state index < -0.39 is 11.5 Å². The van der Waals surface area contributed by atoms with Crippen LogP contribution >= 0.6 is 116 Å². The molecule has 0 bridgehead atoms. The van der Waals surface area contributed by atoms with Crippen LogP contribution in [0.5, 0.6) is 11.5 Å². The number of benzene rings is 2. The van der Waals surface area contributed by atoms with Crippen LogP contribution in [0.2, 0.25) is 50.2 Å². The molecule has 25 heavy (non-hydrogen) atoms. The van der Waals surface area contributed by atoms with Crippen molar-refractivity contribution in [3.8, 4) is 11.5 Å². The third-order valence-electron chi connectivity index (χ3n) is 2.34. The Labute approximate surface area is 233 Å². The summed E-state index contributed by atoms with van der Waals surface area (Å²) in [6.07, 6.45) is 0. The summed E-state index contributed by atoms with van der Waals surface area (Å²) in [6, 6.07) is 0. The van der Waals surface area contributed by atoms with E-state index in [4.69, 9.17) is 116 Å². The van der Waals surface area contributed by atoms with Crippen molar-refractivity contribution in [2.45, 2.75) is 0 Å². The fourth-order valence-corrected chi connectivity index (χ4v) is 3.41. The summed E-state index contributed by atoms with van der Waals surface area (Å²) in [5.74, 6) is -1.23. The van der Waals surface area contributed by atoms with Gasteiger partial charge in [0.1, 0.15) is 0 Å². The van der Waals surface area contributed by atoms with Gasteiger partial charge in [-0.15, -0.1) is 0 Å². The van der Waals surface area contributed by atoms with Crippen LogP contribution < -0.4 is 10.2 Å². The second-order valence-electron chi connectivity index (χ2n) is 3.80. The van der Waals surface area contributed by atoms with Gasteiger partial charge >= 0.3 is 48.9 Å². The Morgan fingerprint density at radius 3 is 0.600 bits per heavy atom. The molecule has 0 heterocycles. The van der Waals surface area contributed by atoms with Crippen LogP contribution in [0, 0.1) is 0 Å². The van der Waals surface area contributed by atoms with Crippen molar-refractivity contribution in [1.29, 1.82) is 0 Å². The van der Waals surface area contributed by atoms with Gasteiger partial charge in [0.25, 0.3) is 0 Å². The average molecular weight is 668 g/mol. The second-order valence-corrected chi connectivity index (χ2v) is 7.58. The zero-order valence-corrected chi connectivity index (χ0v) is 23.3. The summed E-state index contributed by atoms with van der Waals surface area (Å²) in [5, 5.41) is 21.0. The molecule has 0 saturated heterocycles. The van der Waals surface area contributed by atoms with Crippen LogP contribution in [0.3, 0.4) is 0 Å². The largest absolute Gasteiger partial charge is 2.00 e. The Morgan fingerprint density at radius 1 is 0.320 bits per heavy atom. The number of hydrogen-bond donors (Lipinski definition) is 0. The van der Waals surface area contributed by atoms with Crippen molar-refractivity contribution in [2.75, 3.05) is 0 Å². The summed E-state index contributed by atoms with van der Waals surface area (Å²) in [7, 11) is 0. The molecule has 0 unspecified atom stereocenters. The molecule has 0 aliphatic carbocycles. The molecular formula is C12BaCl10O2. The van der Waals surface area contributed by atoms with E-state index in [-0.39, 0.29) is 99.1 Å². The maximum atomic E-state index is 11.1. The van der Waals surface area contributed by atoms with E-state index in [0.717, 1.165) is 0 Å². The molecule has 0 aromatic heterocycles. The topological polar surface area (TPSA) is 46.1 Å². The van der Waals surface area contributed by atoms with Crippen LogP contribution in [0.15, 0.2) is 0 Å². The van der Waals surface area contributed by atoms with E-state index in [1.54, 1.807) is 0 Å². The Bertz CT molecular complexity index is 534. The first-order chi connectivity index (χ1) is 10.9. The van der Waals surface area contributed by atoms with E-state index in [0.29, 0.717) is 0 Å². The molecule has 0 radical (unpaired) electrons. The van der Waals surface area contributed by atoms with E-state index in [2.05, 4.69) is 0 Å². The minimum atomic E-state index is -0.613. The monoisotopic (exact) mass is 664 g/mol. The molecule has 0 aliphatic heterocycles. The van der Waals surface area contributed by atoms with Gasteiger partial charge in [-0.3, -0.25) is 0 Å². The van der Waals surface area contributed by atoms with Gasteiger partial charge in [0.05, 0.1) is 50.2 Å². The Morgan fingerprint density at radius 2 is 0.440 bits per heavy atom. The molecule has 13 heteroatoms. The summed E-state index contributed by atoms with van der Waals surface area (Å²) < 4.78 is 0. The fraction of sp³-hybridized carbons (Fsp3) is 0. The summed E-state index contributed by atoms with van der Waals surface area (Å²) in [5.41, 5.74) is 0. The molecule has 0 N–H and O–H groups in total. The first kappa shape index (κ1) is 27.5. The van der Waals surface area contributed by atoms with Crippen LogP contribution in [-0.2, 0) is 0 Å². The van der Waals surface area contributed by atoms with Gasteiger partial charge in [0, 0.05) is 0 Å². The Kier molecular flexibility index (Phi) is 12.8. The second kappa shape index (κ2) is 11.6. The van der Waals surface area contributed by atoms with Crippen molar-refractivity contribution in [3.05, 3.63) is 50.2 Å². The SMILES string of the molecule is [Ba+2].[O-]c1c(Cl)c(Cl)c(Cl)c(Cl)c1Cl.[O-]c1c(Cl)c(Cl)c(Cl)c(Cl)c1Cl. The minimum Gasteiger partial charge on any atom is -0.870 e. The molecule has 2 rings (SSSR count). The first-order valence-corrected chi connectivity index (χ1v) is 9.08. The van der Waals surface area contributed by atoms with Crippen molar-refractivity contribution in [3.63, 3.8) is 0 Å². The Balaban J connectivity index is 0.000000443. The molecule has 0 spiro atoms. The predicted octanol–water partition coefficient (Wildman–Crippen LogP) is 7.67. The number of halogens is 10. The van der Waals surface area contributed by atoms with Gasteiger partial charge in [-0.25, -0.2) is 0 Å². The van der Waals surface area contributed by atoms with Crippen LogP contribution in [0.1, 0.15) is 0 Å². The molecule has 2 nitrogen and oxygen atoms in total. The van der Waals surface area contributed by atoms with Gasteiger partial charge in [-0.1, -0.05) is 128 Å². The maximum absolute atomic E-state index is 11.1. The zero-order valence-electron chi connectivity index (χ0n) is 11.3. The number of hydrogen-bond acceptors (Lipinski definition) is 2. The molecule has 0 fully saturated rings. The first-order valence-electron chi connectivity index (χ1n) is 5.30. The van der Waals surface area contributed by atoms with Crippen LogP contribution in [-0.4, -0.2) is 48.9 Å². The summed E-state index contributed by atoms with van der Waals surface area (Å²) in [6.45, 7) is 0. The quantitative estimate of drug-likeness (QED) is 0.165. The number of rotatable bonds is 0. The molecule has 0 aliphatic rings. The van der Waals surface area contributed by atoms with Gasteiger partial charge in [0.15, 0.2) is 0 Å². The third kappa shape index (κ3) is 6.24. The predicted molar refractivity (Wildman–Crippen MR) is 108 cm³/mol. The maximum Gasteiger partial charge on any atom is 2.00 e. The smallest absolute Gasteiger partial charge is 0.870 e. The van der Waals surface area contributed by atoms with E-state index >= 15 is 0 Å². The van der Waals surface area contributed by atoms with E-state index in [9.17, 15) is 10.2 Å². The van der Waals surface area contributed by atoms with Crippen LogP contribution in [0.4, 0.5) is 0 Å². The molecule has 2 aromatic carbocycles. The van der Waals surface area contributed by atoms with Crippen LogP contribution in [0.25, 0.3) is 0 Å². The van der Waals surface area contributed by atoms with Crippen molar-refractivity contribution >= 4 is 165 Å². The minimum absolute atomic E-state index is 0. The Hall–Kier alpha value is 2.51. The molecule has 0 amide bonds. The summed E-state index contributed by atoms with van der Waals surface area (Å²) in [4.78, 5) is 0. The van der Waals surface area contributed by atoms with Crippen molar-refractivity contribution < 1.29 is 10.2 Å². The molecule has 0 saturated carbocycles. The van der Waals surface area contributed by atoms with E-state index in [1.807, 2.05) is 0 Å². The summed E-state index contributed by atoms with van der Waals surface area (Å²) >= 11 is 55.3. The van der Waals surface area contributed by atoms with Crippen molar-refractivity contribution in [2.24, 2.45) is 0 Å². The third-order valence-corrected chi connectivity index (χ3v) is 6.82. The molecular weight excluding hydrogens is 668 g/mol. The standard InChI is InChI=1S/2C6HCl5O.Ba/c2*7-1-2(8)4(10)6(12)5(11)3(1)9;/h2*12H;/q;;+2/p-2. The molecule has 132 valence electrons. The molecule has 0 atom stereocenters. The van der Waals surface area contributed by atoms with E-state index in [1.165, 1.54) is 0 Å². The van der Waals surface area contributed by atoms with Gasteiger partial charge < -0.3 is 10.2 Å². The van der Waals surface area contributed by atoms with Gasteiger partial charge in [-0.05, 0) is 0 Å². The normalized spacial score (nSPS) is 10.0. The average Bonchev–Trinajstić information content (AvgIpc) is 2.58. The van der Waals surface area contributed by atoms with Crippen molar-refractivity contribution in [1.82, 2.24) is 0 Å². The molecule has 2 aromatic rings. The van der Waals surface area contributed by atoms with Gasteiger partial charge in [-0.2, -0.15) is 0 Å².